The van der Waals surface area contributed by atoms with Gasteiger partial charge in [-0.2, -0.15) is 0 Å². The van der Waals surface area contributed by atoms with E-state index < -0.39 is 0 Å². The van der Waals surface area contributed by atoms with Crippen molar-refractivity contribution in [2.24, 2.45) is 0 Å². The normalized spacial score (nSPS) is 15.0. The van der Waals surface area contributed by atoms with Gasteiger partial charge in [0.2, 0.25) is 0 Å². The van der Waals surface area contributed by atoms with Crippen LogP contribution in [0.1, 0.15) is 23.6 Å². The van der Waals surface area contributed by atoms with Gasteiger partial charge in [0.1, 0.15) is 0 Å². The van der Waals surface area contributed by atoms with Crippen LogP contribution in [-0.2, 0) is 19.5 Å². The van der Waals surface area contributed by atoms with Crippen LogP contribution in [0.25, 0.3) is 0 Å². The second-order valence-corrected chi connectivity index (χ2v) is 3.06. The van der Waals surface area contributed by atoms with Crippen molar-refractivity contribution in [1.82, 2.24) is 5.32 Å². The largest absolute Gasteiger partial charge is 0.309 e. The van der Waals surface area contributed by atoms with Crippen LogP contribution in [0.2, 0.25) is 0 Å². The molecule has 2 rings (SSSR count). The van der Waals surface area contributed by atoms with Crippen molar-refractivity contribution >= 4 is 0 Å². The fourth-order valence-corrected chi connectivity index (χ4v) is 1.57. The molecule has 0 unspecified atom stereocenters. The lowest BCUT2D eigenvalue weighted by molar-refractivity contribution is 0.764. The lowest BCUT2D eigenvalue weighted by Crippen LogP contribution is -1.99. The lowest BCUT2D eigenvalue weighted by Gasteiger charge is -1.99. The SMILES string of the molecule is CCc1ccc2c(c1)CNC2. The highest BCUT2D eigenvalue weighted by Gasteiger charge is 2.08. The molecule has 1 aliphatic rings. The lowest BCUT2D eigenvalue weighted by atomic mass is 10.1. The zero-order valence-electron chi connectivity index (χ0n) is 6.85. The number of hydrogen-bond donors (Lipinski definition) is 1. The Labute approximate surface area is 67.4 Å². The number of aryl methyl sites for hydroxylation is 1. The van der Waals surface area contributed by atoms with E-state index in [0.29, 0.717) is 0 Å². The van der Waals surface area contributed by atoms with E-state index in [4.69, 9.17) is 0 Å². The van der Waals surface area contributed by atoms with E-state index in [2.05, 4.69) is 30.4 Å². The smallest absolute Gasteiger partial charge is 0.0212 e. The summed E-state index contributed by atoms with van der Waals surface area (Å²) in [5.74, 6) is 0. The van der Waals surface area contributed by atoms with Gasteiger partial charge in [0, 0.05) is 13.1 Å². The zero-order valence-corrected chi connectivity index (χ0v) is 6.85. The topological polar surface area (TPSA) is 12.0 Å². The van der Waals surface area contributed by atoms with Crippen molar-refractivity contribution in [3.8, 4) is 0 Å². The molecule has 0 atom stereocenters. The Hall–Kier alpha value is -0.820. The Kier molecular flexibility index (Phi) is 1.66. The maximum absolute atomic E-state index is 3.34. The summed E-state index contributed by atoms with van der Waals surface area (Å²) in [5.41, 5.74) is 4.42. The first-order chi connectivity index (χ1) is 5.40. The van der Waals surface area contributed by atoms with E-state index in [1.54, 1.807) is 0 Å². The highest BCUT2D eigenvalue weighted by Crippen LogP contribution is 2.16. The number of fused-ring (bicyclic) bond motifs is 1. The summed E-state index contributed by atoms with van der Waals surface area (Å²) in [6.45, 7) is 4.31. The third kappa shape index (κ3) is 1.16. The summed E-state index contributed by atoms with van der Waals surface area (Å²) in [7, 11) is 0. The predicted octanol–water partition coefficient (Wildman–Crippen LogP) is 1.85. The molecule has 1 nitrogen and oxygen atoms in total. The molecule has 0 radical (unpaired) electrons. The van der Waals surface area contributed by atoms with Crippen LogP contribution in [-0.4, -0.2) is 0 Å². The maximum atomic E-state index is 3.34. The Morgan fingerprint density at radius 1 is 1.27 bits per heavy atom. The Morgan fingerprint density at radius 3 is 2.91 bits per heavy atom. The monoisotopic (exact) mass is 147 g/mol. The van der Waals surface area contributed by atoms with Gasteiger partial charge >= 0.3 is 0 Å². The molecule has 0 saturated heterocycles. The Morgan fingerprint density at radius 2 is 2.09 bits per heavy atom. The molecule has 1 aliphatic heterocycles. The van der Waals surface area contributed by atoms with Crippen LogP contribution in [0.4, 0.5) is 0 Å². The molecule has 0 amide bonds. The number of rotatable bonds is 1. The molecule has 0 saturated carbocycles. The van der Waals surface area contributed by atoms with Gasteiger partial charge in [-0.05, 0) is 23.1 Å². The highest BCUT2D eigenvalue weighted by atomic mass is 14.9. The Balaban J connectivity index is 2.41. The van der Waals surface area contributed by atoms with Gasteiger partial charge in [0.05, 0.1) is 0 Å². The molecular weight excluding hydrogens is 134 g/mol. The van der Waals surface area contributed by atoms with Crippen molar-refractivity contribution in [1.29, 1.82) is 0 Å². The number of nitrogens with one attached hydrogen (secondary N) is 1. The molecule has 1 aromatic carbocycles. The molecule has 0 bridgehead atoms. The van der Waals surface area contributed by atoms with Crippen molar-refractivity contribution < 1.29 is 0 Å². The van der Waals surface area contributed by atoms with Crippen LogP contribution in [0.5, 0.6) is 0 Å². The molecule has 1 N–H and O–H groups in total. The third-order valence-corrected chi connectivity index (χ3v) is 2.31. The molecule has 1 heterocycles. The van der Waals surface area contributed by atoms with Gasteiger partial charge in [0.25, 0.3) is 0 Å². The number of benzene rings is 1. The number of hydrogen-bond acceptors (Lipinski definition) is 1. The van der Waals surface area contributed by atoms with E-state index in [0.717, 1.165) is 19.5 Å². The minimum atomic E-state index is 1.05. The van der Waals surface area contributed by atoms with Crippen molar-refractivity contribution in [3.05, 3.63) is 34.9 Å². The first kappa shape index (κ1) is 6.86. The van der Waals surface area contributed by atoms with Crippen LogP contribution in [0, 0.1) is 0 Å². The van der Waals surface area contributed by atoms with E-state index in [9.17, 15) is 0 Å². The van der Waals surface area contributed by atoms with E-state index in [1.807, 2.05) is 0 Å². The summed E-state index contributed by atoms with van der Waals surface area (Å²) in [4.78, 5) is 0. The first-order valence-electron chi connectivity index (χ1n) is 4.21. The van der Waals surface area contributed by atoms with Crippen molar-refractivity contribution in [3.63, 3.8) is 0 Å². The molecule has 0 aliphatic carbocycles. The van der Waals surface area contributed by atoms with Gasteiger partial charge in [-0.15, -0.1) is 0 Å². The van der Waals surface area contributed by atoms with Crippen LogP contribution in [0.15, 0.2) is 18.2 Å². The highest BCUT2D eigenvalue weighted by molar-refractivity contribution is 5.34. The molecular formula is C10H13N. The van der Waals surface area contributed by atoms with Gasteiger partial charge in [0.15, 0.2) is 0 Å². The zero-order chi connectivity index (χ0) is 7.68. The minimum Gasteiger partial charge on any atom is -0.309 e. The molecule has 1 heteroatoms. The molecule has 1 aromatic rings. The molecule has 0 aromatic heterocycles. The fourth-order valence-electron chi connectivity index (χ4n) is 1.57. The van der Waals surface area contributed by atoms with E-state index in [1.165, 1.54) is 16.7 Å². The first-order valence-corrected chi connectivity index (χ1v) is 4.21. The average Bonchev–Trinajstić information content (AvgIpc) is 2.50. The summed E-state index contributed by atoms with van der Waals surface area (Å²) in [6, 6.07) is 6.79. The molecule has 11 heavy (non-hydrogen) atoms. The van der Waals surface area contributed by atoms with Gasteiger partial charge in [-0.3, -0.25) is 0 Å². The quantitative estimate of drug-likeness (QED) is 0.639. The van der Waals surface area contributed by atoms with Gasteiger partial charge in [-0.1, -0.05) is 25.1 Å². The van der Waals surface area contributed by atoms with Gasteiger partial charge in [-0.25, -0.2) is 0 Å². The predicted molar refractivity (Wildman–Crippen MR) is 46.4 cm³/mol. The summed E-state index contributed by atoms with van der Waals surface area (Å²) in [5, 5.41) is 3.34. The van der Waals surface area contributed by atoms with Crippen molar-refractivity contribution in [2.75, 3.05) is 0 Å². The van der Waals surface area contributed by atoms with Crippen molar-refractivity contribution in [2.45, 2.75) is 26.4 Å². The van der Waals surface area contributed by atoms with Crippen LogP contribution < -0.4 is 5.32 Å². The third-order valence-electron chi connectivity index (χ3n) is 2.31. The molecule has 0 spiro atoms. The summed E-state index contributed by atoms with van der Waals surface area (Å²) in [6.07, 6.45) is 1.15. The van der Waals surface area contributed by atoms with E-state index >= 15 is 0 Å². The maximum Gasteiger partial charge on any atom is 0.0212 e. The Bertz CT molecular complexity index is 266. The van der Waals surface area contributed by atoms with Crippen LogP contribution >= 0.6 is 0 Å². The van der Waals surface area contributed by atoms with E-state index in [-0.39, 0.29) is 0 Å². The molecule has 58 valence electrons. The van der Waals surface area contributed by atoms with Gasteiger partial charge < -0.3 is 5.32 Å². The van der Waals surface area contributed by atoms with Crippen LogP contribution in [0.3, 0.4) is 0 Å². The summed E-state index contributed by atoms with van der Waals surface area (Å²) >= 11 is 0. The average molecular weight is 147 g/mol. The summed E-state index contributed by atoms with van der Waals surface area (Å²) < 4.78 is 0. The second kappa shape index (κ2) is 2.67. The minimum absolute atomic E-state index is 1.05. The molecule has 0 fully saturated rings. The second-order valence-electron chi connectivity index (χ2n) is 3.06. The standard InChI is InChI=1S/C10H13N/c1-2-8-3-4-9-6-11-7-10(9)5-8/h3-5,11H,2,6-7H2,1H3. The fraction of sp³-hybridized carbons (Fsp3) is 0.400.